The van der Waals surface area contributed by atoms with E-state index in [0.29, 0.717) is 0 Å². The summed E-state index contributed by atoms with van der Waals surface area (Å²) in [6.45, 7) is 6.38. The molecule has 0 aliphatic heterocycles. The Balaban J connectivity index is 0.000000214. The maximum absolute atomic E-state index is 5.44. The zero-order chi connectivity index (χ0) is 21.7. The lowest BCUT2D eigenvalue weighted by molar-refractivity contribution is 0.126. The summed E-state index contributed by atoms with van der Waals surface area (Å²) in [7, 11) is 0. The third-order valence-electron chi connectivity index (χ3n) is 5.65. The summed E-state index contributed by atoms with van der Waals surface area (Å²) in [6, 6.07) is 30.2. The van der Waals surface area contributed by atoms with Crippen LogP contribution >= 0.6 is 0 Å². The summed E-state index contributed by atoms with van der Waals surface area (Å²) in [5.74, 6) is 0. The van der Waals surface area contributed by atoms with Gasteiger partial charge in [-0.3, -0.25) is 0 Å². The van der Waals surface area contributed by atoms with Crippen molar-refractivity contribution in [2.75, 3.05) is 13.2 Å². The van der Waals surface area contributed by atoms with Gasteiger partial charge in [0.25, 0.3) is 0 Å². The maximum Gasteiger partial charge on any atom is 0.0466 e. The maximum atomic E-state index is 5.44. The van der Waals surface area contributed by atoms with Gasteiger partial charge in [-0.25, -0.2) is 0 Å². The largest absolute Gasteiger partial charge is 0.381 e. The summed E-state index contributed by atoms with van der Waals surface area (Å²) in [6.07, 6.45) is 7.68. The van der Waals surface area contributed by atoms with Gasteiger partial charge in [-0.2, -0.15) is 0 Å². The van der Waals surface area contributed by atoms with Gasteiger partial charge in [-0.15, -0.1) is 0 Å². The molecule has 162 valence electrons. The Labute approximate surface area is 188 Å². The standard InChI is InChI=1S/C20H14.C10H22O/c1-3-11-17-15(7-1)9-5-13-19(17)20-14-6-10-16-8-2-4-12-18(16)20;1-3-5-7-9-11-10-8-6-4-2/h1-14H;3-10H2,1-2H3. The third-order valence-corrected chi connectivity index (χ3v) is 5.65. The number of rotatable bonds is 9. The van der Waals surface area contributed by atoms with Crippen molar-refractivity contribution in [3.63, 3.8) is 0 Å². The van der Waals surface area contributed by atoms with Gasteiger partial charge < -0.3 is 4.74 Å². The summed E-state index contributed by atoms with van der Waals surface area (Å²) >= 11 is 0. The second-order valence-corrected chi connectivity index (χ2v) is 8.08. The van der Waals surface area contributed by atoms with E-state index in [2.05, 4.69) is 98.8 Å². The fourth-order valence-corrected chi connectivity index (χ4v) is 3.93. The topological polar surface area (TPSA) is 9.23 Å². The quantitative estimate of drug-likeness (QED) is 0.249. The van der Waals surface area contributed by atoms with E-state index >= 15 is 0 Å². The SMILES string of the molecule is CCCCCOCCCCC.c1ccc2c(-c3cccc4ccccc34)cccc2c1. The minimum atomic E-state index is 0.970. The Morgan fingerprint density at radius 1 is 0.484 bits per heavy atom. The molecule has 1 heteroatoms. The first-order valence-corrected chi connectivity index (χ1v) is 11.9. The highest BCUT2D eigenvalue weighted by atomic mass is 16.5. The number of fused-ring (bicyclic) bond motifs is 2. The number of unbranched alkanes of at least 4 members (excludes halogenated alkanes) is 4. The van der Waals surface area contributed by atoms with Crippen molar-refractivity contribution in [2.24, 2.45) is 0 Å². The molecule has 0 bridgehead atoms. The van der Waals surface area contributed by atoms with Gasteiger partial charge in [0, 0.05) is 13.2 Å². The predicted molar refractivity (Wildman–Crippen MR) is 137 cm³/mol. The number of ether oxygens (including phenoxy) is 1. The monoisotopic (exact) mass is 412 g/mol. The van der Waals surface area contributed by atoms with Crippen molar-refractivity contribution < 1.29 is 4.74 Å². The highest BCUT2D eigenvalue weighted by Gasteiger charge is 2.06. The van der Waals surface area contributed by atoms with Crippen LogP contribution < -0.4 is 0 Å². The third kappa shape index (κ3) is 6.67. The first kappa shape index (κ1) is 23.0. The van der Waals surface area contributed by atoms with Crippen molar-refractivity contribution in [1.29, 1.82) is 0 Å². The van der Waals surface area contributed by atoms with Crippen LogP contribution in [0, 0.1) is 0 Å². The van der Waals surface area contributed by atoms with Gasteiger partial charge in [0.1, 0.15) is 0 Å². The molecule has 0 aliphatic rings. The smallest absolute Gasteiger partial charge is 0.0466 e. The van der Waals surface area contributed by atoms with E-state index in [9.17, 15) is 0 Å². The zero-order valence-corrected chi connectivity index (χ0v) is 19.1. The molecule has 0 unspecified atom stereocenters. The summed E-state index contributed by atoms with van der Waals surface area (Å²) in [5, 5.41) is 5.20. The molecule has 0 aliphatic carbocycles. The lowest BCUT2D eigenvalue weighted by atomic mass is 9.94. The second kappa shape index (κ2) is 12.9. The number of benzene rings is 4. The molecule has 0 amide bonds. The summed E-state index contributed by atoms with van der Waals surface area (Å²) in [4.78, 5) is 0. The van der Waals surface area contributed by atoms with Crippen LogP contribution in [0.2, 0.25) is 0 Å². The van der Waals surface area contributed by atoms with Crippen LogP contribution in [0.15, 0.2) is 84.9 Å². The molecule has 0 spiro atoms. The summed E-state index contributed by atoms with van der Waals surface area (Å²) < 4.78 is 5.44. The molecule has 0 atom stereocenters. The van der Waals surface area contributed by atoms with Gasteiger partial charge in [-0.1, -0.05) is 124 Å². The van der Waals surface area contributed by atoms with E-state index in [1.54, 1.807) is 0 Å². The fourth-order valence-electron chi connectivity index (χ4n) is 3.93. The number of hydrogen-bond acceptors (Lipinski definition) is 1. The van der Waals surface area contributed by atoms with Gasteiger partial charge in [0.05, 0.1) is 0 Å². The molecular formula is C30H36O. The molecule has 4 rings (SSSR count). The van der Waals surface area contributed by atoms with Crippen LogP contribution in [0.5, 0.6) is 0 Å². The summed E-state index contributed by atoms with van der Waals surface area (Å²) in [5.41, 5.74) is 2.61. The molecule has 0 fully saturated rings. The fraction of sp³-hybridized carbons (Fsp3) is 0.333. The first-order valence-electron chi connectivity index (χ1n) is 11.9. The molecule has 0 aromatic heterocycles. The van der Waals surface area contributed by atoms with Crippen LogP contribution in [0.25, 0.3) is 32.7 Å². The van der Waals surface area contributed by atoms with E-state index < -0.39 is 0 Å². The molecule has 4 aromatic rings. The van der Waals surface area contributed by atoms with Crippen molar-refractivity contribution in [1.82, 2.24) is 0 Å². The average Bonchev–Trinajstić information content (AvgIpc) is 2.83. The van der Waals surface area contributed by atoms with E-state index in [-0.39, 0.29) is 0 Å². The average molecular weight is 413 g/mol. The van der Waals surface area contributed by atoms with E-state index in [0.717, 1.165) is 13.2 Å². The van der Waals surface area contributed by atoms with Gasteiger partial charge in [0.15, 0.2) is 0 Å². The van der Waals surface area contributed by atoms with Gasteiger partial charge in [0.2, 0.25) is 0 Å². The molecule has 0 saturated carbocycles. The minimum absolute atomic E-state index is 0.970. The molecule has 0 radical (unpaired) electrons. The predicted octanol–water partition coefficient (Wildman–Crippen LogP) is 9.04. The molecule has 0 heterocycles. The Morgan fingerprint density at radius 3 is 1.35 bits per heavy atom. The first-order chi connectivity index (χ1) is 15.3. The lowest BCUT2D eigenvalue weighted by Crippen LogP contribution is -1.96. The number of hydrogen-bond donors (Lipinski definition) is 0. The van der Waals surface area contributed by atoms with Crippen molar-refractivity contribution in [3.8, 4) is 11.1 Å². The Morgan fingerprint density at radius 2 is 0.903 bits per heavy atom. The van der Waals surface area contributed by atoms with E-state index in [4.69, 9.17) is 4.74 Å². The zero-order valence-electron chi connectivity index (χ0n) is 19.1. The lowest BCUT2D eigenvalue weighted by Gasteiger charge is -2.10. The Kier molecular flexibility index (Phi) is 9.60. The highest BCUT2D eigenvalue weighted by molar-refractivity contribution is 6.05. The van der Waals surface area contributed by atoms with Crippen molar-refractivity contribution in [2.45, 2.75) is 52.4 Å². The molecule has 1 nitrogen and oxygen atoms in total. The van der Waals surface area contributed by atoms with Crippen LogP contribution in [-0.4, -0.2) is 13.2 Å². The van der Waals surface area contributed by atoms with Crippen LogP contribution in [0.3, 0.4) is 0 Å². The molecular weight excluding hydrogens is 376 g/mol. The molecule has 31 heavy (non-hydrogen) atoms. The minimum Gasteiger partial charge on any atom is -0.381 e. The Bertz CT molecular complexity index is 954. The molecule has 4 aromatic carbocycles. The Hall–Kier alpha value is -2.64. The molecule has 0 saturated heterocycles. The normalized spacial score (nSPS) is 10.8. The van der Waals surface area contributed by atoms with Crippen molar-refractivity contribution >= 4 is 21.5 Å². The van der Waals surface area contributed by atoms with Crippen LogP contribution in [0.1, 0.15) is 52.4 Å². The van der Waals surface area contributed by atoms with Crippen molar-refractivity contribution in [3.05, 3.63) is 84.9 Å². The second-order valence-electron chi connectivity index (χ2n) is 8.08. The highest BCUT2D eigenvalue weighted by Crippen LogP contribution is 2.33. The van der Waals surface area contributed by atoms with Crippen LogP contribution in [-0.2, 0) is 4.74 Å². The van der Waals surface area contributed by atoms with Crippen LogP contribution in [0.4, 0.5) is 0 Å². The van der Waals surface area contributed by atoms with Gasteiger partial charge >= 0.3 is 0 Å². The van der Waals surface area contributed by atoms with E-state index in [1.807, 2.05) is 0 Å². The molecule has 0 N–H and O–H groups in total. The van der Waals surface area contributed by atoms with E-state index in [1.165, 1.54) is 71.2 Å². The van der Waals surface area contributed by atoms with Gasteiger partial charge in [-0.05, 0) is 45.5 Å².